The summed E-state index contributed by atoms with van der Waals surface area (Å²) in [7, 11) is 1.78. The van der Waals surface area contributed by atoms with Gasteiger partial charge in [0.2, 0.25) is 5.91 Å². The molecule has 0 saturated heterocycles. The fraction of sp³-hybridized carbons (Fsp3) is 0.600. The molecule has 0 fully saturated rings. The Morgan fingerprint density at radius 2 is 2.25 bits per heavy atom. The van der Waals surface area contributed by atoms with Crippen LogP contribution in [0.15, 0.2) is 0 Å². The zero-order valence-corrected chi connectivity index (χ0v) is 10.2. The number of rotatable bonds is 4. The van der Waals surface area contributed by atoms with Crippen LogP contribution in [0.25, 0.3) is 0 Å². The fourth-order valence-electron chi connectivity index (χ4n) is 1.45. The van der Waals surface area contributed by atoms with E-state index in [1.807, 2.05) is 20.8 Å². The Bertz CT molecular complexity index is 371. The Balaban J connectivity index is 2.62. The second kappa shape index (κ2) is 4.87. The van der Waals surface area contributed by atoms with Crippen LogP contribution in [-0.2, 0) is 4.79 Å². The summed E-state index contributed by atoms with van der Waals surface area (Å²) in [5.41, 5.74) is 5.73. The fourth-order valence-corrected chi connectivity index (χ4v) is 1.45. The Morgan fingerprint density at radius 1 is 1.62 bits per heavy atom. The molecule has 4 N–H and O–H groups in total. The van der Waals surface area contributed by atoms with Crippen molar-refractivity contribution >= 4 is 17.5 Å². The van der Waals surface area contributed by atoms with Crippen LogP contribution in [0.1, 0.15) is 19.7 Å². The van der Waals surface area contributed by atoms with E-state index < -0.39 is 0 Å². The number of nitrogens with two attached hydrogens (primary N) is 1. The molecule has 0 atom stereocenters. The Kier molecular flexibility index (Phi) is 3.76. The number of H-pyrrole nitrogens is 1. The molecule has 1 rings (SSSR count). The highest BCUT2D eigenvalue weighted by molar-refractivity contribution is 5.82. The molecule has 90 valence electrons. The topological polar surface area (TPSA) is 87.0 Å². The highest BCUT2D eigenvalue weighted by atomic mass is 16.2. The zero-order chi connectivity index (χ0) is 12.3. The number of likely N-dealkylation sites (N-methyl/N-ethyl adjacent to an activating group) is 1. The number of aromatic nitrogens is 2. The van der Waals surface area contributed by atoms with Gasteiger partial charge in [-0.1, -0.05) is 0 Å². The van der Waals surface area contributed by atoms with Gasteiger partial charge in [-0.25, -0.2) is 4.98 Å². The number of aromatic amines is 1. The van der Waals surface area contributed by atoms with Crippen LogP contribution in [0, 0.1) is 6.92 Å². The first-order valence-electron chi connectivity index (χ1n) is 5.22. The predicted molar refractivity (Wildman–Crippen MR) is 64.3 cm³/mol. The van der Waals surface area contributed by atoms with E-state index >= 15 is 0 Å². The summed E-state index contributed by atoms with van der Waals surface area (Å²) in [5.74, 6) is 1.79. The Labute approximate surface area is 95.2 Å². The second-order valence-corrected chi connectivity index (χ2v) is 4.14. The number of hydrogen-bond acceptors (Lipinski definition) is 4. The lowest BCUT2D eigenvalue weighted by atomic mass is 10.4. The summed E-state index contributed by atoms with van der Waals surface area (Å²) in [6.45, 7) is 5.91. The number of nitrogens with zero attached hydrogens (tertiary/aromatic N) is 2. The van der Waals surface area contributed by atoms with Crippen molar-refractivity contribution in [3.05, 3.63) is 5.82 Å². The molecule has 1 amide bonds. The minimum atomic E-state index is -0.0439. The molecule has 0 aliphatic rings. The van der Waals surface area contributed by atoms with Gasteiger partial charge in [-0.05, 0) is 20.8 Å². The normalized spacial score (nSPS) is 10.6. The average Bonchev–Trinajstić information content (AvgIpc) is 2.43. The first kappa shape index (κ1) is 12.4. The molecule has 6 heteroatoms. The van der Waals surface area contributed by atoms with Crippen LogP contribution < -0.4 is 16.0 Å². The third-order valence-corrected chi connectivity index (χ3v) is 2.02. The van der Waals surface area contributed by atoms with Gasteiger partial charge in [0, 0.05) is 13.1 Å². The number of aryl methyl sites for hydroxylation is 1. The second-order valence-electron chi connectivity index (χ2n) is 4.14. The monoisotopic (exact) mass is 225 g/mol. The summed E-state index contributed by atoms with van der Waals surface area (Å²) >= 11 is 0. The molecule has 0 aliphatic heterocycles. The minimum absolute atomic E-state index is 0.0439. The maximum Gasteiger partial charge on any atom is 0.239 e. The van der Waals surface area contributed by atoms with E-state index in [2.05, 4.69) is 15.3 Å². The number of anilines is 2. The lowest BCUT2D eigenvalue weighted by Gasteiger charge is -2.17. The van der Waals surface area contributed by atoms with Gasteiger partial charge in [-0.2, -0.15) is 0 Å². The molecular formula is C10H19N5O. The molecule has 0 bridgehead atoms. The molecule has 0 aliphatic carbocycles. The van der Waals surface area contributed by atoms with Crippen molar-refractivity contribution in [3.8, 4) is 0 Å². The number of carbonyl (C=O) groups is 1. The number of hydrogen-bond donors (Lipinski definition) is 3. The zero-order valence-electron chi connectivity index (χ0n) is 10.2. The van der Waals surface area contributed by atoms with Gasteiger partial charge in [0.05, 0.1) is 6.54 Å². The average molecular weight is 225 g/mol. The molecule has 16 heavy (non-hydrogen) atoms. The molecule has 0 saturated carbocycles. The molecular weight excluding hydrogens is 206 g/mol. The molecule has 0 aromatic carbocycles. The lowest BCUT2D eigenvalue weighted by molar-refractivity contribution is -0.120. The first-order valence-corrected chi connectivity index (χ1v) is 5.22. The predicted octanol–water partition coefficient (Wildman–Crippen LogP) is 0.261. The van der Waals surface area contributed by atoms with Crippen molar-refractivity contribution in [1.29, 1.82) is 0 Å². The van der Waals surface area contributed by atoms with Crippen LogP contribution >= 0.6 is 0 Å². The maximum absolute atomic E-state index is 11.5. The highest BCUT2D eigenvalue weighted by Crippen LogP contribution is 2.17. The van der Waals surface area contributed by atoms with Crippen LogP contribution in [0.5, 0.6) is 0 Å². The van der Waals surface area contributed by atoms with Gasteiger partial charge in [0.15, 0.2) is 5.82 Å². The van der Waals surface area contributed by atoms with E-state index in [0.29, 0.717) is 11.6 Å². The molecule has 0 radical (unpaired) electrons. The van der Waals surface area contributed by atoms with Gasteiger partial charge >= 0.3 is 0 Å². The van der Waals surface area contributed by atoms with Crippen molar-refractivity contribution in [2.75, 3.05) is 24.2 Å². The van der Waals surface area contributed by atoms with Crippen molar-refractivity contribution in [3.63, 3.8) is 0 Å². The van der Waals surface area contributed by atoms with Crippen LogP contribution in [-0.4, -0.2) is 35.5 Å². The quantitative estimate of drug-likeness (QED) is 0.686. The van der Waals surface area contributed by atoms with E-state index in [0.717, 1.165) is 5.82 Å². The summed E-state index contributed by atoms with van der Waals surface area (Å²) in [4.78, 5) is 20.3. The molecule has 0 unspecified atom stereocenters. The summed E-state index contributed by atoms with van der Waals surface area (Å²) < 4.78 is 0. The highest BCUT2D eigenvalue weighted by Gasteiger charge is 2.13. The van der Waals surface area contributed by atoms with Crippen molar-refractivity contribution < 1.29 is 4.79 Å². The van der Waals surface area contributed by atoms with Crippen molar-refractivity contribution in [2.45, 2.75) is 26.8 Å². The van der Waals surface area contributed by atoms with Gasteiger partial charge < -0.3 is 20.9 Å². The molecule has 1 heterocycles. The molecule has 0 spiro atoms. The van der Waals surface area contributed by atoms with Gasteiger partial charge in [0.1, 0.15) is 11.6 Å². The first-order chi connectivity index (χ1) is 7.40. The van der Waals surface area contributed by atoms with Crippen LogP contribution in [0.2, 0.25) is 0 Å². The van der Waals surface area contributed by atoms with Crippen molar-refractivity contribution in [2.24, 2.45) is 0 Å². The van der Waals surface area contributed by atoms with Crippen LogP contribution in [0.4, 0.5) is 11.6 Å². The largest absolute Gasteiger partial charge is 0.382 e. The number of amides is 1. The standard InChI is InChI=1S/C10H19N5O/c1-6(2)12-8(16)5-15(4)10-9(11)13-7(3)14-10/h6H,5,11H2,1-4H3,(H,12,16)(H,13,14). The number of nitrogens with one attached hydrogen (secondary N) is 2. The van der Waals surface area contributed by atoms with Gasteiger partial charge in [-0.3, -0.25) is 4.79 Å². The molecule has 1 aromatic rings. The SMILES string of the molecule is Cc1nc(N(C)CC(=O)NC(C)C)c(N)[nH]1. The van der Waals surface area contributed by atoms with E-state index in [4.69, 9.17) is 5.73 Å². The smallest absolute Gasteiger partial charge is 0.239 e. The third-order valence-electron chi connectivity index (χ3n) is 2.02. The summed E-state index contributed by atoms with van der Waals surface area (Å²) in [5, 5.41) is 2.81. The molecule has 1 aromatic heterocycles. The minimum Gasteiger partial charge on any atom is -0.382 e. The van der Waals surface area contributed by atoms with E-state index in [-0.39, 0.29) is 18.5 Å². The number of imidazole rings is 1. The van der Waals surface area contributed by atoms with Gasteiger partial charge in [0.25, 0.3) is 0 Å². The maximum atomic E-state index is 11.5. The van der Waals surface area contributed by atoms with Gasteiger partial charge in [-0.15, -0.1) is 0 Å². The van der Waals surface area contributed by atoms with E-state index in [1.54, 1.807) is 11.9 Å². The Hall–Kier alpha value is -1.72. The van der Waals surface area contributed by atoms with E-state index in [9.17, 15) is 4.79 Å². The van der Waals surface area contributed by atoms with E-state index in [1.165, 1.54) is 0 Å². The summed E-state index contributed by atoms with van der Waals surface area (Å²) in [6, 6.07) is 0.138. The Morgan fingerprint density at radius 3 is 2.69 bits per heavy atom. The van der Waals surface area contributed by atoms with Crippen molar-refractivity contribution in [1.82, 2.24) is 15.3 Å². The third kappa shape index (κ3) is 3.15. The summed E-state index contributed by atoms with van der Waals surface area (Å²) in [6.07, 6.45) is 0. The lowest BCUT2D eigenvalue weighted by Crippen LogP contribution is -2.38. The molecule has 6 nitrogen and oxygen atoms in total. The number of nitrogen functional groups attached to an aromatic ring is 1. The van der Waals surface area contributed by atoms with Crippen LogP contribution in [0.3, 0.4) is 0 Å². The number of carbonyl (C=O) groups excluding carboxylic acids is 1.